The maximum Gasteiger partial charge on any atom is 0.251 e. The molecule has 0 saturated carbocycles. The minimum Gasteiger partial charge on any atom is -0.370 e. The minimum atomic E-state index is -0.284. The smallest absolute Gasteiger partial charge is 0.251 e. The van der Waals surface area contributed by atoms with Gasteiger partial charge in [0.2, 0.25) is 6.39 Å². The molecule has 0 aromatic carbocycles. The van der Waals surface area contributed by atoms with Gasteiger partial charge in [0, 0.05) is 12.1 Å². The van der Waals surface area contributed by atoms with Crippen LogP contribution < -0.4 is 10.6 Å². The molecule has 2 aromatic heterocycles. The van der Waals surface area contributed by atoms with Crippen molar-refractivity contribution in [1.29, 1.82) is 0 Å². The highest BCUT2D eigenvalue weighted by Crippen LogP contribution is 2.14. The van der Waals surface area contributed by atoms with E-state index in [-0.39, 0.29) is 17.6 Å². The number of amides is 1. The van der Waals surface area contributed by atoms with Crippen LogP contribution in [0.25, 0.3) is 0 Å². The maximum absolute atomic E-state index is 11.9. The van der Waals surface area contributed by atoms with E-state index in [2.05, 4.69) is 30.3 Å². The Kier molecular flexibility index (Phi) is 4.30. The molecular formula is C11H12ClN5O2. The molecule has 0 saturated heterocycles. The number of rotatable bonds is 5. The van der Waals surface area contributed by atoms with Crippen LogP contribution in [0, 0.1) is 0 Å². The van der Waals surface area contributed by atoms with Crippen LogP contribution in [-0.2, 0) is 6.54 Å². The average Bonchev–Trinajstić information content (AvgIpc) is 2.88. The van der Waals surface area contributed by atoms with Gasteiger partial charge in [0.25, 0.3) is 5.91 Å². The molecule has 19 heavy (non-hydrogen) atoms. The first-order valence-corrected chi connectivity index (χ1v) is 6.01. The molecule has 0 spiro atoms. The monoisotopic (exact) mass is 281 g/mol. The van der Waals surface area contributed by atoms with E-state index in [9.17, 15) is 4.79 Å². The first-order chi connectivity index (χ1) is 9.19. The highest BCUT2D eigenvalue weighted by atomic mass is 35.5. The van der Waals surface area contributed by atoms with Crippen molar-refractivity contribution in [2.45, 2.75) is 13.5 Å². The summed E-state index contributed by atoms with van der Waals surface area (Å²) in [7, 11) is 0. The molecule has 0 atom stereocenters. The highest BCUT2D eigenvalue weighted by molar-refractivity contribution is 6.29. The summed E-state index contributed by atoms with van der Waals surface area (Å²) in [6.07, 6.45) is 1.20. The second-order valence-electron chi connectivity index (χ2n) is 3.62. The van der Waals surface area contributed by atoms with Crippen LogP contribution in [0.5, 0.6) is 0 Å². The van der Waals surface area contributed by atoms with E-state index in [0.29, 0.717) is 23.8 Å². The summed E-state index contributed by atoms with van der Waals surface area (Å²) >= 11 is 5.86. The molecule has 0 bridgehead atoms. The van der Waals surface area contributed by atoms with E-state index in [1.54, 1.807) is 6.07 Å². The van der Waals surface area contributed by atoms with Crippen molar-refractivity contribution in [2.75, 3.05) is 11.9 Å². The van der Waals surface area contributed by atoms with Gasteiger partial charge in [0.05, 0.1) is 6.54 Å². The van der Waals surface area contributed by atoms with Crippen molar-refractivity contribution in [3.63, 3.8) is 0 Å². The summed E-state index contributed by atoms with van der Waals surface area (Å²) in [5.41, 5.74) is 0.416. The lowest BCUT2D eigenvalue weighted by Crippen LogP contribution is -2.23. The largest absolute Gasteiger partial charge is 0.370 e. The Bertz CT molecular complexity index is 558. The number of anilines is 1. The third-order valence-corrected chi connectivity index (χ3v) is 2.42. The number of nitrogens with one attached hydrogen (secondary N) is 2. The minimum absolute atomic E-state index is 0.186. The Labute approximate surface area is 114 Å². The Morgan fingerprint density at radius 2 is 2.32 bits per heavy atom. The summed E-state index contributed by atoms with van der Waals surface area (Å²) in [5, 5.41) is 9.51. The molecule has 100 valence electrons. The second kappa shape index (κ2) is 6.14. The number of halogens is 1. The van der Waals surface area contributed by atoms with Gasteiger partial charge in [0.15, 0.2) is 5.82 Å². The van der Waals surface area contributed by atoms with Crippen LogP contribution in [0.1, 0.15) is 23.1 Å². The third kappa shape index (κ3) is 3.65. The van der Waals surface area contributed by atoms with Crippen LogP contribution in [0.2, 0.25) is 5.15 Å². The number of carbonyl (C=O) groups is 1. The topological polar surface area (TPSA) is 92.9 Å². The van der Waals surface area contributed by atoms with Gasteiger partial charge in [-0.2, -0.15) is 4.98 Å². The summed E-state index contributed by atoms with van der Waals surface area (Å²) in [4.78, 5) is 19.8. The van der Waals surface area contributed by atoms with Crippen LogP contribution in [0.3, 0.4) is 0 Å². The van der Waals surface area contributed by atoms with E-state index in [4.69, 9.17) is 11.6 Å². The first kappa shape index (κ1) is 13.3. The third-order valence-electron chi connectivity index (χ3n) is 2.23. The predicted octanol–water partition coefficient (Wildman–Crippen LogP) is 1.48. The van der Waals surface area contributed by atoms with E-state index < -0.39 is 0 Å². The fourth-order valence-electron chi connectivity index (χ4n) is 1.43. The van der Waals surface area contributed by atoms with Crippen LogP contribution in [0.15, 0.2) is 23.0 Å². The number of carbonyl (C=O) groups excluding carboxylic acids is 1. The van der Waals surface area contributed by atoms with Crippen LogP contribution in [0.4, 0.5) is 5.82 Å². The van der Waals surface area contributed by atoms with Gasteiger partial charge in [-0.15, -0.1) is 0 Å². The number of pyridine rings is 1. The molecule has 2 N–H and O–H groups in total. The van der Waals surface area contributed by atoms with Gasteiger partial charge in [0.1, 0.15) is 11.0 Å². The van der Waals surface area contributed by atoms with Crippen LogP contribution in [-0.4, -0.2) is 27.6 Å². The zero-order valence-electron chi connectivity index (χ0n) is 10.2. The standard InChI is InChI=1S/C11H12ClN5O2/c1-2-13-9-4-7(3-8(12)16-9)11(18)14-5-10-15-6-19-17-10/h3-4,6H,2,5H2,1H3,(H,13,16)(H,14,18). The SMILES string of the molecule is CCNc1cc(C(=O)NCc2ncon2)cc(Cl)n1. The lowest BCUT2D eigenvalue weighted by atomic mass is 10.2. The number of aromatic nitrogens is 3. The average molecular weight is 282 g/mol. The quantitative estimate of drug-likeness (QED) is 0.807. The van der Waals surface area contributed by atoms with E-state index in [1.165, 1.54) is 12.5 Å². The van der Waals surface area contributed by atoms with Gasteiger partial charge < -0.3 is 15.2 Å². The summed E-state index contributed by atoms with van der Waals surface area (Å²) in [6.45, 7) is 2.81. The fraction of sp³-hybridized carbons (Fsp3) is 0.273. The highest BCUT2D eigenvalue weighted by Gasteiger charge is 2.10. The molecule has 8 heteroatoms. The molecule has 0 aliphatic carbocycles. The van der Waals surface area contributed by atoms with Crippen LogP contribution >= 0.6 is 11.6 Å². The normalized spacial score (nSPS) is 10.2. The molecule has 0 aliphatic heterocycles. The van der Waals surface area contributed by atoms with Crippen molar-refractivity contribution in [1.82, 2.24) is 20.4 Å². The number of hydrogen-bond acceptors (Lipinski definition) is 6. The number of hydrogen-bond donors (Lipinski definition) is 2. The molecule has 2 aromatic rings. The van der Waals surface area contributed by atoms with Crippen molar-refractivity contribution in [3.8, 4) is 0 Å². The molecular weight excluding hydrogens is 270 g/mol. The Morgan fingerprint density at radius 1 is 1.47 bits per heavy atom. The molecule has 2 rings (SSSR count). The summed E-state index contributed by atoms with van der Waals surface area (Å²) in [5.74, 6) is 0.674. The predicted molar refractivity (Wildman–Crippen MR) is 68.9 cm³/mol. The molecule has 0 aliphatic rings. The fourth-order valence-corrected chi connectivity index (χ4v) is 1.64. The molecule has 0 unspecified atom stereocenters. The van der Waals surface area contributed by atoms with E-state index in [1.807, 2.05) is 6.92 Å². The zero-order chi connectivity index (χ0) is 13.7. The van der Waals surface area contributed by atoms with Gasteiger partial charge in [-0.05, 0) is 19.1 Å². The van der Waals surface area contributed by atoms with Gasteiger partial charge >= 0.3 is 0 Å². The van der Waals surface area contributed by atoms with Gasteiger partial charge in [-0.25, -0.2) is 4.98 Å². The van der Waals surface area contributed by atoms with Gasteiger partial charge in [-0.1, -0.05) is 16.8 Å². The van der Waals surface area contributed by atoms with E-state index in [0.717, 1.165) is 0 Å². The van der Waals surface area contributed by atoms with Gasteiger partial charge in [-0.3, -0.25) is 4.79 Å². The van der Waals surface area contributed by atoms with Crippen molar-refractivity contribution in [3.05, 3.63) is 35.1 Å². The Morgan fingerprint density at radius 3 is 3.00 bits per heavy atom. The molecule has 7 nitrogen and oxygen atoms in total. The maximum atomic E-state index is 11.9. The number of nitrogens with zero attached hydrogens (tertiary/aromatic N) is 3. The second-order valence-corrected chi connectivity index (χ2v) is 4.01. The summed E-state index contributed by atoms with van der Waals surface area (Å²) in [6, 6.07) is 3.12. The zero-order valence-corrected chi connectivity index (χ0v) is 10.9. The first-order valence-electron chi connectivity index (χ1n) is 5.64. The summed E-state index contributed by atoms with van der Waals surface area (Å²) < 4.78 is 4.57. The van der Waals surface area contributed by atoms with E-state index >= 15 is 0 Å². The van der Waals surface area contributed by atoms with Crippen molar-refractivity contribution >= 4 is 23.3 Å². The Balaban J connectivity index is 2.05. The molecule has 1 amide bonds. The van der Waals surface area contributed by atoms with Crippen molar-refractivity contribution in [2.24, 2.45) is 0 Å². The molecule has 0 fully saturated rings. The van der Waals surface area contributed by atoms with Crippen molar-refractivity contribution < 1.29 is 9.32 Å². The molecule has 0 radical (unpaired) electrons. The Hall–Kier alpha value is -2.15. The lowest BCUT2D eigenvalue weighted by molar-refractivity contribution is 0.0949. The lowest BCUT2D eigenvalue weighted by Gasteiger charge is -2.07. The molecule has 2 heterocycles.